The molecule has 2 heterocycles. The van der Waals surface area contributed by atoms with Crippen molar-refractivity contribution < 1.29 is 44.5 Å². The Balaban J connectivity index is 1.47. The molecule has 0 aromatic heterocycles. The molecule has 4 rings (SSSR count). The molecular formula is C22H26O9. The van der Waals surface area contributed by atoms with Gasteiger partial charge >= 0.3 is 0 Å². The van der Waals surface area contributed by atoms with Crippen molar-refractivity contribution in [1.82, 2.24) is 0 Å². The van der Waals surface area contributed by atoms with E-state index >= 15 is 0 Å². The Kier molecular flexibility index (Phi) is 6.22. The van der Waals surface area contributed by atoms with Gasteiger partial charge in [0, 0.05) is 23.6 Å². The first kappa shape index (κ1) is 21.7. The Labute approximate surface area is 179 Å². The number of hydrogen-bond acceptors (Lipinski definition) is 9. The second-order valence-corrected chi connectivity index (χ2v) is 7.72. The molecule has 2 aliphatic rings. The van der Waals surface area contributed by atoms with Crippen LogP contribution in [0.2, 0.25) is 0 Å². The quantitative estimate of drug-likeness (QED) is 0.450. The van der Waals surface area contributed by atoms with Crippen LogP contribution in [0.5, 0.6) is 23.0 Å². The van der Waals surface area contributed by atoms with E-state index in [0.29, 0.717) is 30.3 Å². The smallest absolute Gasteiger partial charge is 0.229 e. The number of aromatic hydroxyl groups is 1. The van der Waals surface area contributed by atoms with Crippen molar-refractivity contribution in [3.8, 4) is 23.0 Å². The van der Waals surface area contributed by atoms with Crippen molar-refractivity contribution in [3.05, 3.63) is 47.5 Å². The lowest BCUT2D eigenvalue weighted by molar-refractivity contribution is -0.277. The molecule has 9 nitrogen and oxygen atoms in total. The Morgan fingerprint density at radius 3 is 2.48 bits per heavy atom. The fourth-order valence-corrected chi connectivity index (χ4v) is 3.92. The number of hydrogen-bond donors (Lipinski definition) is 5. The van der Waals surface area contributed by atoms with E-state index in [0.717, 1.165) is 11.1 Å². The van der Waals surface area contributed by atoms with Gasteiger partial charge < -0.3 is 44.5 Å². The van der Waals surface area contributed by atoms with Crippen molar-refractivity contribution >= 4 is 0 Å². The van der Waals surface area contributed by atoms with Crippen molar-refractivity contribution in [2.75, 3.05) is 20.3 Å². The molecule has 0 radical (unpaired) electrons. The minimum Gasteiger partial charge on any atom is -0.508 e. The van der Waals surface area contributed by atoms with Crippen LogP contribution in [0.1, 0.15) is 17.0 Å². The summed E-state index contributed by atoms with van der Waals surface area (Å²) in [5.41, 5.74) is 1.70. The van der Waals surface area contributed by atoms with Crippen molar-refractivity contribution in [2.24, 2.45) is 0 Å². The zero-order chi connectivity index (χ0) is 22.1. The third kappa shape index (κ3) is 4.28. The summed E-state index contributed by atoms with van der Waals surface area (Å²) in [4.78, 5) is 0. The van der Waals surface area contributed by atoms with Crippen LogP contribution in [0.4, 0.5) is 0 Å². The third-order valence-corrected chi connectivity index (χ3v) is 5.72. The van der Waals surface area contributed by atoms with Crippen LogP contribution in [-0.2, 0) is 11.2 Å². The van der Waals surface area contributed by atoms with E-state index in [4.69, 9.17) is 18.9 Å². The van der Waals surface area contributed by atoms with E-state index in [2.05, 4.69) is 0 Å². The van der Waals surface area contributed by atoms with Crippen LogP contribution < -0.4 is 14.2 Å². The lowest BCUT2D eigenvalue weighted by Gasteiger charge is -2.39. The summed E-state index contributed by atoms with van der Waals surface area (Å²) in [6.07, 6.45) is -6.11. The molecule has 0 aliphatic carbocycles. The Bertz CT molecular complexity index is 916. The summed E-state index contributed by atoms with van der Waals surface area (Å²) >= 11 is 0. The van der Waals surface area contributed by atoms with Crippen LogP contribution in [0, 0.1) is 0 Å². The zero-order valence-corrected chi connectivity index (χ0v) is 16.9. The molecule has 0 bridgehead atoms. The maximum atomic E-state index is 10.3. The molecule has 2 aromatic carbocycles. The van der Waals surface area contributed by atoms with E-state index in [-0.39, 0.29) is 11.7 Å². The monoisotopic (exact) mass is 434 g/mol. The lowest BCUT2D eigenvalue weighted by atomic mass is 9.89. The van der Waals surface area contributed by atoms with Crippen molar-refractivity contribution in [3.63, 3.8) is 0 Å². The topological polar surface area (TPSA) is 138 Å². The van der Waals surface area contributed by atoms with Gasteiger partial charge in [0.1, 0.15) is 47.4 Å². The fourth-order valence-electron chi connectivity index (χ4n) is 3.92. The molecule has 2 aliphatic heterocycles. The van der Waals surface area contributed by atoms with Gasteiger partial charge in [-0.15, -0.1) is 0 Å². The maximum Gasteiger partial charge on any atom is 0.229 e. The predicted octanol–water partition coefficient (Wildman–Crippen LogP) is 0.298. The number of rotatable bonds is 5. The number of benzene rings is 2. The van der Waals surface area contributed by atoms with Crippen LogP contribution in [0.3, 0.4) is 0 Å². The highest BCUT2D eigenvalue weighted by Gasteiger charge is 2.44. The first-order valence-corrected chi connectivity index (χ1v) is 10.0. The molecular weight excluding hydrogens is 408 g/mol. The highest BCUT2D eigenvalue weighted by molar-refractivity contribution is 5.47. The molecule has 5 N–H and O–H groups in total. The van der Waals surface area contributed by atoms with E-state index in [1.54, 1.807) is 24.3 Å². The molecule has 0 spiro atoms. The highest BCUT2D eigenvalue weighted by atomic mass is 16.7. The number of fused-ring (bicyclic) bond motifs is 1. The highest BCUT2D eigenvalue weighted by Crippen LogP contribution is 2.39. The second-order valence-electron chi connectivity index (χ2n) is 7.72. The minimum atomic E-state index is -1.51. The molecule has 0 amide bonds. The van der Waals surface area contributed by atoms with Gasteiger partial charge in [-0.1, -0.05) is 12.1 Å². The van der Waals surface area contributed by atoms with E-state index in [1.165, 1.54) is 7.11 Å². The SMILES string of the molecule is COc1ccc(C2COc3cc(OC4OC(CO)C(O)C(O)C4O)ccc3C2)c(O)c1. The fraction of sp³-hybridized carbons (Fsp3) is 0.455. The molecule has 6 unspecified atom stereocenters. The van der Waals surface area contributed by atoms with Gasteiger partial charge in [0.15, 0.2) is 0 Å². The first-order chi connectivity index (χ1) is 14.9. The molecule has 2 aromatic rings. The number of methoxy groups -OCH3 is 1. The average Bonchev–Trinajstić information content (AvgIpc) is 2.79. The number of ether oxygens (including phenoxy) is 4. The summed E-state index contributed by atoms with van der Waals surface area (Å²) in [5, 5.41) is 49.5. The molecule has 168 valence electrons. The standard InChI is InChI=1S/C22H26O9/c1-28-13-4-5-15(16(24)7-13)12-6-11-2-3-14(8-17(11)29-10-12)30-22-21(27)20(26)19(25)18(9-23)31-22/h2-5,7-8,12,18-27H,6,9-10H2,1H3. The lowest BCUT2D eigenvalue weighted by Crippen LogP contribution is -2.60. The van der Waals surface area contributed by atoms with Crippen molar-refractivity contribution in [1.29, 1.82) is 0 Å². The van der Waals surface area contributed by atoms with Crippen LogP contribution in [0.25, 0.3) is 0 Å². The number of phenols is 1. The first-order valence-electron chi connectivity index (χ1n) is 10.0. The normalized spacial score (nSPS) is 30.2. The Morgan fingerprint density at radius 1 is 1.00 bits per heavy atom. The number of aliphatic hydroxyl groups is 4. The summed E-state index contributed by atoms with van der Waals surface area (Å²) in [6, 6.07) is 10.3. The third-order valence-electron chi connectivity index (χ3n) is 5.72. The summed E-state index contributed by atoms with van der Waals surface area (Å²) in [7, 11) is 1.54. The van der Waals surface area contributed by atoms with Gasteiger partial charge in [-0.3, -0.25) is 0 Å². The van der Waals surface area contributed by atoms with E-state index in [1.807, 2.05) is 12.1 Å². The molecule has 9 heteroatoms. The van der Waals surface area contributed by atoms with Crippen LogP contribution in [-0.4, -0.2) is 76.6 Å². The molecule has 1 saturated heterocycles. The van der Waals surface area contributed by atoms with Gasteiger partial charge in [-0.25, -0.2) is 0 Å². The van der Waals surface area contributed by atoms with Gasteiger partial charge in [0.25, 0.3) is 0 Å². The maximum absolute atomic E-state index is 10.3. The molecule has 1 fully saturated rings. The Morgan fingerprint density at radius 2 is 1.77 bits per heavy atom. The van der Waals surface area contributed by atoms with Crippen LogP contribution in [0.15, 0.2) is 36.4 Å². The predicted molar refractivity (Wildman–Crippen MR) is 107 cm³/mol. The summed E-state index contributed by atoms with van der Waals surface area (Å²) in [5.74, 6) is 1.64. The second kappa shape index (κ2) is 8.89. The van der Waals surface area contributed by atoms with Gasteiger partial charge in [0.05, 0.1) is 20.3 Å². The molecule has 31 heavy (non-hydrogen) atoms. The number of aliphatic hydroxyl groups excluding tert-OH is 4. The summed E-state index contributed by atoms with van der Waals surface area (Å²) in [6.45, 7) is -0.173. The van der Waals surface area contributed by atoms with Crippen LogP contribution >= 0.6 is 0 Å². The summed E-state index contributed by atoms with van der Waals surface area (Å²) < 4.78 is 22.0. The van der Waals surface area contributed by atoms with Gasteiger partial charge in [-0.05, 0) is 24.1 Å². The number of phenolic OH excluding ortho intramolecular Hbond substituents is 1. The molecule has 0 saturated carbocycles. The van der Waals surface area contributed by atoms with E-state index < -0.39 is 37.3 Å². The minimum absolute atomic E-state index is 0.0318. The Hall–Kier alpha value is -2.56. The van der Waals surface area contributed by atoms with E-state index in [9.17, 15) is 25.5 Å². The average molecular weight is 434 g/mol. The van der Waals surface area contributed by atoms with Gasteiger partial charge in [0.2, 0.25) is 6.29 Å². The zero-order valence-electron chi connectivity index (χ0n) is 16.9. The molecule has 6 atom stereocenters. The van der Waals surface area contributed by atoms with Crippen molar-refractivity contribution in [2.45, 2.75) is 43.0 Å². The largest absolute Gasteiger partial charge is 0.508 e. The van der Waals surface area contributed by atoms with Gasteiger partial charge in [-0.2, -0.15) is 0 Å².